The molecule has 1 heterocycles. The van der Waals surface area contributed by atoms with Crippen molar-refractivity contribution in [2.75, 3.05) is 6.54 Å². The van der Waals surface area contributed by atoms with Gasteiger partial charge in [-0.25, -0.2) is 0 Å². The largest absolute Gasteiger partial charge is 0.312 e. The maximum absolute atomic E-state index is 5.15. The summed E-state index contributed by atoms with van der Waals surface area (Å²) in [6.45, 7) is 6.15. The zero-order valence-corrected chi connectivity index (χ0v) is 9.00. The lowest BCUT2D eigenvalue weighted by Gasteiger charge is -2.00. The fourth-order valence-electron chi connectivity index (χ4n) is 1.24. The summed E-state index contributed by atoms with van der Waals surface area (Å²) in [6, 6.07) is 2.24. The summed E-state index contributed by atoms with van der Waals surface area (Å²) >= 11 is 1.85. The number of nitrogens with one attached hydrogen (secondary N) is 1. The molecular formula is C11H15NS. The number of rotatable bonds is 4. The van der Waals surface area contributed by atoms with E-state index in [1.54, 1.807) is 0 Å². The first-order chi connectivity index (χ1) is 6.24. The molecule has 1 aromatic rings. The van der Waals surface area contributed by atoms with Crippen LogP contribution in [-0.4, -0.2) is 6.54 Å². The molecule has 0 aliphatic rings. The van der Waals surface area contributed by atoms with Gasteiger partial charge in [0.15, 0.2) is 0 Å². The van der Waals surface area contributed by atoms with Gasteiger partial charge in [0.05, 0.1) is 0 Å². The lowest BCUT2D eigenvalue weighted by atomic mass is 10.2. The molecule has 0 saturated carbocycles. The van der Waals surface area contributed by atoms with Crippen molar-refractivity contribution < 1.29 is 0 Å². The highest BCUT2D eigenvalue weighted by molar-refractivity contribution is 7.12. The van der Waals surface area contributed by atoms with Crippen LogP contribution < -0.4 is 5.32 Å². The Morgan fingerprint density at radius 3 is 2.85 bits per heavy atom. The summed E-state index contributed by atoms with van der Waals surface area (Å²) in [5, 5.41) is 3.32. The molecule has 1 aromatic heterocycles. The quantitative estimate of drug-likeness (QED) is 0.572. The van der Waals surface area contributed by atoms with E-state index in [1.165, 1.54) is 15.3 Å². The maximum Gasteiger partial charge on any atom is 0.0216 e. The molecule has 0 unspecified atom stereocenters. The highest BCUT2D eigenvalue weighted by Crippen LogP contribution is 2.19. The smallest absolute Gasteiger partial charge is 0.0216 e. The molecule has 1 N–H and O–H groups in total. The van der Waals surface area contributed by atoms with Crippen LogP contribution in [0.15, 0.2) is 6.07 Å². The Balaban J connectivity index is 2.37. The van der Waals surface area contributed by atoms with Crippen LogP contribution in [0.25, 0.3) is 0 Å². The average Bonchev–Trinajstić information content (AvgIpc) is 2.39. The molecule has 0 saturated heterocycles. The van der Waals surface area contributed by atoms with Gasteiger partial charge in [-0.2, -0.15) is 0 Å². The second-order valence-electron chi connectivity index (χ2n) is 3.07. The number of hydrogen-bond acceptors (Lipinski definition) is 2. The highest BCUT2D eigenvalue weighted by Gasteiger charge is 2.00. The SMILES string of the molecule is C#CCCNCc1cc(C)sc1C. The summed E-state index contributed by atoms with van der Waals surface area (Å²) in [6.07, 6.45) is 5.96. The third kappa shape index (κ3) is 3.22. The number of terminal acetylenes is 1. The van der Waals surface area contributed by atoms with E-state index in [9.17, 15) is 0 Å². The van der Waals surface area contributed by atoms with E-state index < -0.39 is 0 Å². The minimum atomic E-state index is 0.808. The Morgan fingerprint density at radius 1 is 1.54 bits per heavy atom. The van der Waals surface area contributed by atoms with Gasteiger partial charge in [-0.3, -0.25) is 0 Å². The molecule has 0 radical (unpaired) electrons. The van der Waals surface area contributed by atoms with E-state index in [1.807, 2.05) is 11.3 Å². The first-order valence-corrected chi connectivity index (χ1v) is 5.25. The van der Waals surface area contributed by atoms with Crippen molar-refractivity contribution in [1.29, 1.82) is 0 Å². The van der Waals surface area contributed by atoms with Crippen molar-refractivity contribution in [2.45, 2.75) is 26.8 Å². The Bertz CT molecular complexity index is 306. The van der Waals surface area contributed by atoms with Gasteiger partial charge < -0.3 is 5.32 Å². The molecular weight excluding hydrogens is 178 g/mol. The summed E-state index contributed by atoms with van der Waals surface area (Å²) in [7, 11) is 0. The van der Waals surface area contributed by atoms with Gasteiger partial charge in [0, 0.05) is 29.3 Å². The zero-order chi connectivity index (χ0) is 9.68. The van der Waals surface area contributed by atoms with Gasteiger partial charge in [0.1, 0.15) is 0 Å². The third-order valence-corrected chi connectivity index (χ3v) is 2.91. The minimum Gasteiger partial charge on any atom is -0.312 e. The van der Waals surface area contributed by atoms with Crippen molar-refractivity contribution in [3.05, 3.63) is 21.4 Å². The van der Waals surface area contributed by atoms with Crippen molar-refractivity contribution in [3.63, 3.8) is 0 Å². The lowest BCUT2D eigenvalue weighted by molar-refractivity contribution is 0.700. The number of aryl methyl sites for hydroxylation is 2. The molecule has 0 spiro atoms. The second kappa shape index (κ2) is 5.06. The van der Waals surface area contributed by atoms with E-state index in [-0.39, 0.29) is 0 Å². The Hall–Kier alpha value is -0.780. The van der Waals surface area contributed by atoms with Crippen molar-refractivity contribution >= 4 is 11.3 Å². The number of hydrogen-bond donors (Lipinski definition) is 1. The average molecular weight is 193 g/mol. The van der Waals surface area contributed by atoms with Gasteiger partial charge in [0.25, 0.3) is 0 Å². The van der Waals surface area contributed by atoms with Crippen LogP contribution in [0, 0.1) is 26.2 Å². The molecule has 1 nitrogen and oxygen atoms in total. The predicted molar refractivity (Wildman–Crippen MR) is 58.9 cm³/mol. The first-order valence-electron chi connectivity index (χ1n) is 4.44. The zero-order valence-electron chi connectivity index (χ0n) is 8.18. The Labute approximate surface area is 84.2 Å². The van der Waals surface area contributed by atoms with Crippen LogP contribution in [-0.2, 0) is 6.54 Å². The fourth-order valence-corrected chi connectivity index (χ4v) is 2.19. The van der Waals surface area contributed by atoms with Crippen LogP contribution >= 0.6 is 11.3 Å². The normalized spacial score (nSPS) is 9.92. The minimum absolute atomic E-state index is 0.808. The van der Waals surface area contributed by atoms with E-state index >= 15 is 0 Å². The van der Waals surface area contributed by atoms with Crippen molar-refractivity contribution in [2.24, 2.45) is 0 Å². The molecule has 0 aromatic carbocycles. The van der Waals surface area contributed by atoms with Crippen LogP contribution in [0.5, 0.6) is 0 Å². The highest BCUT2D eigenvalue weighted by atomic mass is 32.1. The lowest BCUT2D eigenvalue weighted by Crippen LogP contribution is -2.14. The maximum atomic E-state index is 5.15. The van der Waals surface area contributed by atoms with Gasteiger partial charge >= 0.3 is 0 Å². The van der Waals surface area contributed by atoms with Gasteiger partial charge in [-0.05, 0) is 25.5 Å². The van der Waals surface area contributed by atoms with Crippen LogP contribution in [0.4, 0.5) is 0 Å². The van der Waals surface area contributed by atoms with Crippen LogP contribution in [0.1, 0.15) is 21.7 Å². The van der Waals surface area contributed by atoms with E-state index in [0.717, 1.165) is 19.5 Å². The Morgan fingerprint density at radius 2 is 2.31 bits per heavy atom. The number of thiophene rings is 1. The summed E-state index contributed by atoms with van der Waals surface area (Å²) in [4.78, 5) is 2.79. The van der Waals surface area contributed by atoms with Crippen molar-refractivity contribution in [1.82, 2.24) is 5.32 Å². The van der Waals surface area contributed by atoms with Crippen molar-refractivity contribution in [3.8, 4) is 12.3 Å². The summed E-state index contributed by atoms with van der Waals surface area (Å²) < 4.78 is 0. The summed E-state index contributed by atoms with van der Waals surface area (Å²) in [5.41, 5.74) is 1.40. The van der Waals surface area contributed by atoms with Gasteiger partial charge in [-0.1, -0.05) is 0 Å². The van der Waals surface area contributed by atoms with E-state index in [0.29, 0.717) is 0 Å². The molecule has 0 amide bonds. The molecule has 70 valence electrons. The van der Waals surface area contributed by atoms with E-state index in [2.05, 4.69) is 31.2 Å². The molecule has 0 atom stereocenters. The monoisotopic (exact) mass is 193 g/mol. The standard InChI is InChI=1S/C11H15NS/c1-4-5-6-12-8-11-7-9(2)13-10(11)3/h1,7,12H,5-6,8H2,2-3H3. The molecule has 0 aliphatic heterocycles. The second-order valence-corrected chi connectivity index (χ2v) is 4.53. The first kappa shape index (κ1) is 10.3. The molecule has 1 rings (SSSR count). The van der Waals surface area contributed by atoms with Gasteiger partial charge in [0.2, 0.25) is 0 Å². The molecule has 2 heteroatoms. The van der Waals surface area contributed by atoms with E-state index in [4.69, 9.17) is 6.42 Å². The third-order valence-electron chi connectivity index (χ3n) is 1.91. The summed E-state index contributed by atoms with van der Waals surface area (Å²) in [5.74, 6) is 2.61. The molecule has 13 heavy (non-hydrogen) atoms. The van der Waals surface area contributed by atoms with Gasteiger partial charge in [-0.15, -0.1) is 23.7 Å². The molecule has 0 bridgehead atoms. The molecule has 0 fully saturated rings. The topological polar surface area (TPSA) is 12.0 Å². The van der Waals surface area contributed by atoms with Crippen LogP contribution in [0.2, 0.25) is 0 Å². The predicted octanol–water partition coefficient (Wildman–Crippen LogP) is 2.48. The Kier molecular flexibility index (Phi) is 4.01. The fraction of sp³-hybridized carbons (Fsp3) is 0.455. The van der Waals surface area contributed by atoms with Crippen LogP contribution in [0.3, 0.4) is 0 Å². The molecule has 0 aliphatic carbocycles.